The Balaban J connectivity index is 1.92. The molecule has 1 atom stereocenters. The fourth-order valence-electron chi connectivity index (χ4n) is 3.05. The maximum absolute atomic E-state index is 12.8. The van der Waals surface area contributed by atoms with Crippen LogP contribution in [0.25, 0.3) is 10.2 Å². The molecular weight excluding hydrogens is 380 g/mol. The van der Waals surface area contributed by atoms with Gasteiger partial charge in [0.05, 0.1) is 15.1 Å². The van der Waals surface area contributed by atoms with Crippen molar-refractivity contribution in [2.45, 2.75) is 51.6 Å². The van der Waals surface area contributed by atoms with Crippen LogP contribution in [-0.4, -0.2) is 13.0 Å². The van der Waals surface area contributed by atoms with Crippen LogP contribution in [0.1, 0.15) is 43.0 Å². The van der Waals surface area contributed by atoms with Crippen molar-refractivity contribution in [3.63, 3.8) is 0 Å². The second-order valence-corrected chi connectivity index (χ2v) is 9.54. The van der Waals surface area contributed by atoms with Crippen LogP contribution in [0.4, 0.5) is 0 Å². The summed E-state index contributed by atoms with van der Waals surface area (Å²) in [6.45, 7) is 8.51. The topological polar surface area (TPSA) is 68.2 Å². The molecule has 1 N–H and O–H groups in total. The maximum atomic E-state index is 12.8. The summed E-state index contributed by atoms with van der Waals surface area (Å²) in [7, 11) is -3.69. The number of rotatable bonds is 6. The van der Waals surface area contributed by atoms with E-state index in [2.05, 4.69) is 4.72 Å². The van der Waals surface area contributed by atoms with Crippen molar-refractivity contribution in [1.82, 2.24) is 9.29 Å². The normalized spacial score (nSPS) is 13.2. The average molecular weight is 405 g/mol. The molecule has 0 amide bonds. The van der Waals surface area contributed by atoms with E-state index in [-0.39, 0.29) is 15.8 Å². The van der Waals surface area contributed by atoms with Crippen LogP contribution < -0.4 is 9.60 Å². The lowest BCUT2D eigenvalue weighted by Gasteiger charge is -2.16. The number of nitrogens with zero attached hydrogens (tertiary/aromatic N) is 1. The third-order valence-corrected chi connectivity index (χ3v) is 7.24. The zero-order valence-electron chi connectivity index (χ0n) is 15.9. The molecule has 0 saturated carbocycles. The predicted octanol–water partition coefficient (Wildman–Crippen LogP) is 4.13. The highest BCUT2D eigenvalue weighted by molar-refractivity contribution is 7.89. The van der Waals surface area contributed by atoms with Crippen molar-refractivity contribution < 1.29 is 8.42 Å². The highest BCUT2D eigenvalue weighted by atomic mass is 32.2. The first-order chi connectivity index (χ1) is 12.7. The Hall–Kier alpha value is -1.96. The van der Waals surface area contributed by atoms with Crippen LogP contribution in [0.15, 0.2) is 46.1 Å². The standard InChI is InChI=1S/C20H24N2O3S2/c1-5-10-22-18-9-8-17(12-19(18)26-20(22)23)27(24,25)21-15(4)16-7-6-13(2)14(3)11-16/h6-9,11-12,15,21H,5,10H2,1-4H3/t15-/m0/s1. The van der Waals surface area contributed by atoms with E-state index in [1.807, 2.05) is 45.9 Å². The summed E-state index contributed by atoms with van der Waals surface area (Å²) in [6.07, 6.45) is 0.848. The second kappa shape index (κ2) is 7.58. The van der Waals surface area contributed by atoms with E-state index in [0.29, 0.717) is 11.2 Å². The van der Waals surface area contributed by atoms with Crippen LogP contribution in [0, 0.1) is 13.8 Å². The molecule has 0 aliphatic rings. The van der Waals surface area contributed by atoms with Crippen LogP contribution in [0.2, 0.25) is 0 Å². The van der Waals surface area contributed by atoms with Gasteiger partial charge in [-0.2, -0.15) is 0 Å². The third kappa shape index (κ3) is 4.00. The zero-order valence-corrected chi connectivity index (χ0v) is 17.6. The summed E-state index contributed by atoms with van der Waals surface area (Å²) in [5.74, 6) is 0. The summed E-state index contributed by atoms with van der Waals surface area (Å²) in [6, 6.07) is 10.5. The monoisotopic (exact) mass is 404 g/mol. The minimum atomic E-state index is -3.69. The molecule has 3 aromatic rings. The fraction of sp³-hybridized carbons (Fsp3) is 0.350. The van der Waals surface area contributed by atoms with Gasteiger partial charge in [-0.15, -0.1) is 0 Å². The molecule has 0 unspecified atom stereocenters. The van der Waals surface area contributed by atoms with Gasteiger partial charge < -0.3 is 0 Å². The third-order valence-electron chi connectivity index (χ3n) is 4.76. The molecule has 144 valence electrons. The van der Waals surface area contributed by atoms with Gasteiger partial charge >= 0.3 is 4.87 Å². The molecule has 0 fully saturated rings. The average Bonchev–Trinajstić information content (AvgIpc) is 2.92. The number of benzene rings is 2. The van der Waals surface area contributed by atoms with Crippen molar-refractivity contribution in [2.24, 2.45) is 0 Å². The summed E-state index contributed by atoms with van der Waals surface area (Å²) in [5.41, 5.74) is 4.00. The summed E-state index contributed by atoms with van der Waals surface area (Å²) < 4.78 is 30.8. The Morgan fingerprint density at radius 2 is 1.85 bits per heavy atom. The molecule has 5 nitrogen and oxygen atoms in total. The minimum absolute atomic E-state index is 0.0575. The Morgan fingerprint density at radius 1 is 1.11 bits per heavy atom. The number of sulfonamides is 1. The zero-order chi connectivity index (χ0) is 19.8. The highest BCUT2D eigenvalue weighted by Crippen LogP contribution is 2.24. The number of nitrogens with one attached hydrogen (secondary N) is 1. The van der Waals surface area contributed by atoms with Gasteiger partial charge in [0.25, 0.3) is 0 Å². The molecule has 0 aliphatic heterocycles. The summed E-state index contributed by atoms with van der Waals surface area (Å²) in [5, 5.41) is 0. The Kier molecular flexibility index (Phi) is 5.55. The van der Waals surface area contributed by atoms with E-state index in [1.165, 1.54) is 5.56 Å². The number of fused-ring (bicyclic) bond motifs is 1. The second-order valence-electron chi connectivity index (χ2n) is 6.84. The Morgan fingerprint density at radius 3 is 2.52 bits per heavy atom. The van der Waals surface area contributed by atoms with E-state index in [4.69, 9.17) is 0 Å². The number of hydrogen-bond donors (Lipinski definition) is 1. The summed E-state index contributed by atoms with van der Waals surface area (Å²) in [4.78, 5) is 12.2. The van der Waals surface area contributed by atoms with E-state index in [0.717, 1.165) is 34.4 Å². The molecule has 3 rings (SSSR count). The van der Waals surface area contributed by atoms with Gasteiger partial charge in [0.1, 0.15) is 0 Å². The van der Waals surface area contributed by atoms with Gasteiger partial charge in [0, 0.05) is 12.6 Å². The summed E-state index contributed by atoms with van der Waals surface area (Å²) >= 11 is 1.08. The minimum Gasteiger partial charge on any atom is -0.299 e. The first-order valence-electron chi connectivity index (χ1n) is 8.96. The van der Waals surface area contributed by atoms with Gasteiger partial charge in [-0.25, -0.2) is 13.1 Å². The first-order valence-corrected chi connectivity index (χ1v) is 11.3. The van der Waals surface area contributed by atoms with E-state index >= 15 is 0 Å². The molecule has 7 heteroatoms. The molecular formula is C20H24N2O3S2. The lowest BCUT2D eigenvalue weighted by molar-refractivity contribution is 0.567. The molecule has 0 radical (unpaired) electrons. The maximum Gasteiger partial charge on any atom is 0.308 e. The van der Waals surface area contributed by atoms with Crippen molar-refractivity contribution in [3.05, 3.63) is 62.8 Å². The van der Waals surface area contributed by atoms with E-state index in [1.54, 1.807) is 22.8 Å². The molecule has 27 heavy (non-hydrogen) atoms. The number of hydrogen-bond acceptors (Lipinski definition) is 4. The van der Waals surface area contributed by atoms with Gasteiger partial charge in [-0.1, -0.05) is 36.5 Å². The molecule has 1 aromatic heterocycles. The smallest absolute Gasteiger partial charge is 0.299 e. The van der Waals surface area contributed by atoms with Crippen LogP contribution in [0.3, 0.4) is 0 Å². The van der Waals surface area contributed by atoms with Gasteiger partial charge in [-0.3, -0.25) is 9.36 Å². The lowest BCUT2D eigenvalue weighted by atomic mass is 10.0. The van der Waals surface area contributed by atoms with Gasteiger partial charge in [-0.05, 0) is 62.1 Å². The fourth-order valence-corrected chi connectivity index (χ4v) is 5.34. The molecule has 0 aliphatic carbocycles. The van der Waals surface area contributed by atoms with Crippen LogP contribution in [0.5, 0.6) is 0 Å². The quantitative estimate of drug-likeness (QED) is 0.672. The molecule has 0 spiro atoms. The molecule has 2 aromatic carbocycles. The Bertz CT molecular complexity index is 1140. The number of thiazole rings is 1. The molecule has 1 heterocycles. The molecule has 0 bridgehead atoms. The van der Waals surface area contributed by atoms with Crippen molar-refractivity contribution in [1.29, 1.82) is 0 Å². The largest absolute Gasteiger partial charge is 0.308 e. The van der Waals surface area contributed by atoms with Crippen LogP contribution >= 0.6 is 11.3 Å². The van der Waals surface area contributed by atoms with Crippen molar-refractivity contribution in [2.75, 3.05) is 0 Å². The van der Waals surface area contributed by atoms with E-state index < -0.39 is 10.0 Å². The van der Waals surface area contributed by atoms with Crippen LogP contribution in [-0.2, 0) is 16.6 Å². The van der Waals surface area contributed by atoms with Crippen molar-refractivity contribution in [3.8, 4) is 0 Å². The van der Waals surface area contributed by atoms with Gasteiger partial charge in [0.2, 0.25) is 10.0 Å². The first kappa shape index (κ1) is 19.8. The van der Waals surface area contributed by atoms with E-state index in [9.17, 15) is 13.2 Å². The SMILES string of the molecule is CCCn1c(=O)sc2cc(S(=O)(=O)N[C@@H](C)c3ccc(C)c(C)c3)ccc21. The number of aryl methyl sites for hydroxylation is 3. The Labute approximate surface area is 163 Å². The molecule has 0 saturated heterocycles. The van der Waals surface area contributed by atoms with Crippen molar-refractivity contribution >= 4 is 31.6 Å². The predicted molar refractivity (Wildman–Crippen MR) is 111 cm³/mol. The lowest BCUT2D eigenvalue weighted by Crippen LogP contribution is -2.27. The highest BCUT2D eigenvalue weighted by Gasteiger charge is 2.20. The number of aromatic nitrogens is 1. The van der Waals surface area contributed by atoms with Gasteiger partial charge in [0.15, 0.2) is 0 Å².